The number of carbonyl (C=O) groups excluding carboxylic acids is 4. The number of methoxy groups -OCH3 is 2. The van der Waals surface area contributed by atoms with E-state index in [1.54, 1.807) is 0 Å². The maximum Gasteiger partial charge on any atom is 0.335 e. The minimum Gasteiger partial charge on any atom is -0.466 e. The lowest BCUT2D eigenvalue weighted by Crippen LogP contribution is -2.32. The summed E-state index contributed by atoms with van der Waals surface area (Å²) in [5.41, 5.74) is -0.117. The summed E-state index contributed by atoms with van der Waals surface area (Å²) < 4.78 is 8.73. The third-order valence-corrected chi connectivity index (χ3v) is 1.70. The Kier molecular flexibility index (Phi) is 6.24. The smallest absolute Gasteiger partial charge is 0.335 e. The molecule has 0 radical (unpaired) electrons. The minimum atomic E-state index is -0.857. The zero-order valence-electron chi connectivity index (χ0n) is 9.73. The third-order valence-electron chi connectivity index (χ3n) is 1.70. The van der Waals surface area contributed by atoms with Crippen LogP contribution in [-0.2, 0) is 28.7 Å². The molecule has 1 N–H and O–H groups in total. The van der Waals surface area contributed by atoms with Gasteiger partial charge in [0.05, 0.1) is 26.3 Å². The lowest BCUT2D eigenvalue weighted by molar-refractivity contribution is -0.139. The van der Waals surface area contributed by atoms with E-state index >= 15 is 0 Å². The molecule has 94 valence electrons. The second kappa shape index (κ2) is 7.15. The standard InChI is InChI=1S/C10H13NO6/c1-6(12)9(14)11-5-7(10(15)17-3)4-8(13)16-2/h4H,5H2,1-3H3,(H,11,14)/b7-4-. The predicted octanol–water partition coefficient (Wildman–Crippen LogP) is -1.04. The van der Waals surface area contributed by atoms with Crippen LogP contribution in [-0.4, -0.2) is 44.4 Å². The number of amides is 1. The summed E-state index contributed by atoms with van der Waals surface area (Å²) in [4.78, 5) is 43.7. The van der Waals surface area contributed by atoms with Crippen LogP contribution in [0.15, 0.2) is 11.6 Å². The van der Waals surface area contributed by atoms with Gasteiger partial charge in [0.1, 0.15) is 0 Å². The van der Waals surface area contributed by atoms with Crippen molar-refractivity contribution in [1.29, 1.82) is 0 Å². The minimum absolute atomic E-state index is 0.117. The van der Waals surface area contributed by atoms with E-state index in [-0.39, 0.29) is 12.1 Å². The molecule has 0 aromatic rings. The quantitative estimate of drug-likeness (QED) is 0.376. The molecule has 0 aliphatic heterocycles. The third kappa shape index (κ3) is 5.45. The fraction of sp³-hybridized carbons (Fsp3) is 0.400. The van der Waals surface area contributed by atoms with Crippen LogP contribution in [0, 0.1) is 0 Å². The van der Waals surface area contributed by atoms with E-state index < -0.39 is 23.6 Å². The molecule has 0 unspecified atom stereocenters. The molecular formula is C10H13NO6. The van der Waals surface area contributed by atoms with Crippen LogP contribution < -0.4 is 5.32 Å². The van der Waals surface area contributed by atoms with Gasteiger partial charge >= 0.3 is 11.9 Å². The number of Topliss-reactive ketones (excluding diaryl/α,β-unsaturated/α-hetero) is 1. The van der Waals surface area contributed by atoms with E-state index in [2.05, 4.69) is 14.8 Å². The van der Waals surface area contributed by atoms with Crippen LogP contribution in [0.3, 0.4) is 0 Å². The Hall–Kier alpha value is -2.18. The number of rotatable bonds is 5. The van der Waals surface area contributed by atoms with Crippen molar-refractivity contribution in [3.05, 3.63) is 11.6 Å². The zero-order valence-corrected chi connectivity index (χ0v) is 9.73. The molecule has 0 aromatic heterocycles. The summed E-state index contributed by atoms with van der Waals surface area (Å²) in [5, 5.41) is 2.16. The van der Waals surface area contributed by atoms with Gasteiger partial charge in [-0.05, 0) is 0 Å². The number of carbonyl (C=O) groups is 4. The molecule has 0 heterocycles. The van der Waals surface area contributed by atoms with Gasteiger partial charge in [-0.3, -0.25) is 9.59 Å². The van der Waals surface area contributed by atoms with E-state index in [0.717, 1.165) is 27.2 Å². The van der Waals surface area contributed by atoms with Gasteiger partial charge in [-0.25, -0.2) is 9.59 Å². The first-order valence-corrected chi connectivity index (χ1v) is 4.58. The molecule has 0 saturated heterocycles. The van der Waals surface area contributed by atoms with Crippen LogP contribution in [0.1, 0.15) is 6.92 Å². The molecule has 7 nitrogen and oxygen atoms in total. The van der Waals surface area contributed by atoms with Crippen LogP contribution in [0.2, 0.25) is 0 Å². The molecule has 0 spiro atoms. The molecule has 0 rings (SSSR count). The molecule has 17 heavy (non-hydrogen) atoms. The second-order valence-electron chi connectivity index (χ2n) is 2.92. The largest absolute Gasteiger partial charge is 0.466 e. The number of hydrogen-bond donors (Lipinski definition) is 1. The van der Waals surface area contributed by atoms with Crippen molar-refractivity contribution in [2.75, 3.05) is 20.8 Å². The van der Waals surface area contributed by atoms with Gasteiger partial charge in [0.25, 0.3) is 5.91 Å². The molecule has 0 aliphatic carbocycles. The van der Waals surface area contributed by atoms with Crippen LogP contribution in [0.25, 0.3) is 0 Å². The molecular weight excluding hydrogens is 230 g/mol. The summed E-state index contributed by atoms with van der Waals surface area (Å²) >= 11 is 0. The first-order valence-electron chi connectivity index (χ1n) is 4.58. The predicted molar refractivity (Wildman–Crippen MR) is 55.8 cm³/mol. The summed E-state index contributed by atoms with van der Waals surface area (Å²) in [6.45, 7) is 0.789. The highest BCUT2D eigenvalue weighted by Gasteiger charge is 2.15. The SMILES string of the molecule is COC(=O)/C=C(/CNC(=O)C(C)=O)C(=O)OC. The second-order valence-corrected chi connectivity index (χ2v) is 2.92. The highest BCUT2D eigenvalue weighted by Crippen LogP contribution is 1.97. The van der Waals surface area contributed by atoms with Crippen molar-refractivity contribution >= 4 is 23.6 Å². The van der Waals surface area contributed by atoms with Gasteiger partial charge in [0, 0.05) is 13.0 Å². The summed E-state index contributed by atoms with van der Waals surface area (Å²) in [7, 11) is 2.27. The van der Waals surface area contributed by atoms with Gasteiger partial charge in [-0.2, -0.15) is 0 Å². The fourth-order valence-electron chi connectivity index (χ4n) is 0.814. The number of ether oxygens (including phenoxy) is 2. The Morgan fingerprint density at radius 3 is 2.12 bits per heavy atom. The van der Waals surface area contributed by atoms with E-state index in [4.69, 9.17) is 0 Å². The molecule has 0 atom stereocenters. The lowest BCUT2D eigenvalue weighted by Gasteiger charge is -2.05. The van der Waals surface area contributed by atoms with Crippen molar-refractivity contribution in [3.8, 4) is 0 Å². The average Bonchev–Trinajstić information content (AvgIpc) is 2.32. The van der Waals surface area contributed by atoms with Gasteiger partial charge < -0.3 is 14.8 Å². The molecule has 0 saturated carbocycles. The maximum atomic E-state index is 11.2. The van der Waals surface area contributed by atoms with E-state index in [9.17, 15) is 19.2 Å². The van der Waals surface area contributed by atoms with Gasteiger partial charge in [0.15, 0.2) is 0 Å². The number of nitrogens with one attached hydrogen (secondary N) is 1. The van der Waals surface area contributed by atoms with Gasteiger partial charge in [-0.15, -0.1) is 0 Å². The Morgan fingerprint density at radius 1 is 1.12 bits per heavy atom. The normalized spacial score (nSPS) is 10.4. The Balaban J connectivity index is 4.68. The molecule has 7 heteroatoms. The molecule has 0 fully saturated rings. The highest BCUT2D eigenvalue weighted by molar-refractivity contribution is 6.35. The summed E-state index contributed by atoms with van der Waals surface area (Å²) in [6.07, 6.45) is 0.881. The van der Waals surface area contributed by atoms with E-state index in [1.165, 1.54) is 0 Å². The zero-order chi connectivity index (χ0) is 13.4. The Morgan fingerprint density at radius 2 is 1.71 bits per heavy atom. The number of esters is 2. The molecule has 1 amide bonds. The van der Waals surface area contributed by atoms with Crippen LogP contribution in [0.4, 0.5) is 0 Å². The van der Waals surface area contributed by atoms with Crippen LogP contribution >= 0.6 is 0 Å². The first-order chi connectivity index (χ1) is 7.92. The highest BCUT2D eigenvalue weighted by atomic mass is 16.5. The molecule has 0 aromatic carbocycles. The van der Waals surface area contributed by atoms with Gasteiger partial charge in [-0.1, -0.05) is 0 Å². The summed E-state index contributed by atoms with van der Waals surface area (Å²) in [5.74, 6) is -3.11. The number of hydrogen-bond acceptors (Lipinski definition) is 6. The monoisotopic (exact) mass is 243 g/mol. The Bertz CT molecular complexity index is 371. The van der Waals surface area contributed by atoms with E-state index in [0.29, 0.717) is 0 Å². The van der Waals surface area contributed by atoms with Crippen molar-refractivity contribution in [3.63, 3.8) is 0 Å². The van der Waals surface area contributed by atoms with Crippen molar-refractivity contribution in [2.24, 2.45) is 0 Å². The topological polar surface area (TPSA) is 98.8 Å². The van der Waals surface area contributed by atoms with Crippen molar-refractivity contribution in [1.82, 2.24) is 5.32 Å². The van der Waals surface area contributed by atoms with Gasteiger partial charge in [0.2, 0.25) is 5.78 Å². The lowest BCUT2D eigenvalue weighted by atomic mass is 10.2. The van der Waals surface area contributed by atoms with Crippen LogP contribution in [0.5, 0.6) is 0 Å². The molecule has 0 aliphatic rings. The summed E-state index contributed by atoms with van der Waals surface area (Å²) in [6, 6.07) is 0. The average molecular weight is 243 g/mol. The van der Waals surface area contributed by atoms with E-state index in [1.807, 2.05) is 0 Å². The fourth-order valence-corrected chi connectivity index (χ4v) is 0.814. The maximum absolute atomic E-state index is 11.2. The first kappa shape index (κ1) is 14.8. The van der Waals surface area contributed by atoms with Crippen molar-refractivity contribution in [2.45, 2.75) is 6.92 Å². The molecule has 0 bridgehead atoms. The Labute approximate surface area is 97.8 Å². The number of ketones is 1. The van der Waals surface area contributed by atoms with Crippen molar-refractivity contribution < 1.29 is 28.7 Å².